The summed E-state index contributed by atoms with van der Waals surface area (Å²) in [5.41, 5.74) is 0.736. The molecule has 1 aromatic rings. The van der Waals surface area contributed by atoms with Crippen molar-refractivity contribution >= 4 is 12.3 Å². The fourth-order valence-corrected chi connectivity index (χ4v) is 3.62. The molecule has 2 bridgehead atoms. The second-order valence-corrected chi connectivity index (χ2v) is 5.84. The number of carbonyl (C=O) groups is 2. The van der Waals surface area contributed by atoms with Crippen molar-refractivity contribution in [1.29, 1.82) is 0 Å². The van der Waals surface area contributed by atoms with Gasteiger partial charge in [-0.3, -0.25) is 9.59 Å². The molecule has 0 N–H and O–H groups in total. The van der Waals surface area contributed by atoms with Crippen LogP contribution in [0.4, 0.5) is 0 Å². The lowest BCUT2D eigenvalue weighted by Gasteiger charge is -2.40. The molecule has 0 aliphatic carbocycles. The lowest BCUT2D eigenvalue weighted by Crippen LogP contribution is -2.50. The van der Waals surface area contributed by atoms with Crippen molar-refractivity contribution in [1.82, 2.24) is 9.80 Å². The molecule has 1 aromatic carbocycles. The molecule has 4 heteroatoms. The Labute approximate surface area is 119 Å². The highest BCUT2D eigenvalue weighted by atomic mass is 16.2. The van der Waals surface area contributed by atoms with E-state index in [9.17, 15) is 9.59 Å². The van der Waals surface area contributed by atoms with E-state index in [0.717, 1.165) is 37.7 Å². The largest absolute Gasteiger partial charge is 0.339 e. The number of piperidine rings is 1. The molecule has 2 heterocycles. The van der Waals surface area contributed by atoms with Crippen molar-refractivity contribution in [2.24, 2.45) is 0 Å². The zero-order chi connectivity index (χ0) is 14.1. The van der Waals surface area contributed by atoms with Crippen LogP contribution < -0.4 is 0 Å². The van der Waals surface area contributed by atoms with Crippen molar-refractivity contribution < 1.29 is 9.59 Å². The Balaban J connectivity index is 1.72. The van der Waals surface area contributed by atoms with Gasteiger partial charge in [-0.2, -0.15) is 0 Å². The van der Waals surface area contributed by atoms with E-state index in [1.165, 1.54) is 0 Å². The summed E-state index contributed by atoms with van der Waals surface area (Å²) < 4.78 is 0. The molecule has 2 unspecified atom stereocenters. The molecular formula is C16H20N2O2. The maximum atomic E-state index is 12.5. The predicted molar refractivity (Wildman–Crippen MR) is 76.3 cm³/mol. The second kappa shape index (κ2) is 5.27. The van der Waals surface area contributed by atoms with Crippen LogP contribution in [0.25, 0.3) is 0 Å². The molecule has 0 spiro atoms. The van der Waals surface area contributed by atoms with Crippen molar-refractivity contribution in [3.05, 3.63) is 35.9 Å². The highest BCUT2D eigenvalue weighted by Crippen LogP contribution is 2.36. The van der Waals surface area contributed by atoms with Crippen LogP contribution in [0.3, 0.4) is 0 Å². The molecule has 2 aliphatic heterocycles. The third-order valence-electron chi connectivity index (χ3n) is 4.78. The Morgan fingerprint density at radius 3 is 2.35 bits per heavy atom. The molecule has 106 valence electrons. The Bertz CT molecular complexity index is 488. The zero-order valence-corrected chi connectivity index (χ0v) is 11.7. The number of hydrogen-bond acceptors (Lipinski definition) is 2. The minimum atomic E-state index is 0.0783. The number of fused-ring (bicyclic) bond motifs is 2. The molecule has 0 radical (unpaired) electrons. The van der Waals surface area contributed by atoms with Gasteiger partial charge in [0.25, 0.3) is 5.91 Å². The Morgan fingerprint density at radius 1 is 1.20 bits per heavy atom. The molecule has 0 saturated carbocycles. The highest BCUT2D eigenvalue weighted by molar-refractivity contribution is 5.94. The van der Waals surface area contributed by atoms with E-state index in [0.29, 0.717) is 12.1 Å². The SMILES string of the molecule is CN(C(=O)c1ccccc1)C1CC2CCC(C1)N2C=O. The van der Waals surface area contributed by atoms with Gasteiger partial charge in [0.2, 0.25) is 6.41 Å². The minimum Gasteiger partial charge on any atom is -0.339 e. The first-order valence-corrected chi connectivity index (χ1v) is 7.25. The summed E-state index contributed by atoms with van der Waals surface area (Å²) in [6.45, 7) is 0. The Kier molecular flexibility index (Phi) is 3.47. The number of carbonyl (C=O) groups excluding carboxylic acids is 2. The van der Waals surface area contributed by atoms with Crippen LogP contribution in [0.2, 0.25) is 0 Å². The van der Waals surface area contributed by atoms with Crippen LogP contribution in [0, 0.1) is 0 Å². The summed E-state index contributed by atoms with van der Waals surface area (Å²) in [5.74, 6) is 0.0783. The quantitative estimate of drug-likeness (QED) is 0.789. The van der Waals surface area contributed by atoms with Gasteiger partial charge in [-0.1, -0.05) is 18.2 Å². The van der Waals surface area contributed by atoms with E-state index in [-0.39, 0.29) is 11.9 Å². The van der Waals surface area contributed by atoms with Crippen LogP contribution >= 0.6 is 0 Å². The summed E-state index contributed by atoms with van der Waals surface area (Å²) >= 11 is 0. The van der Waals surface area contributed by atoms with E-state index in [1.807, 2.05) is 47.2 Å². The minimum absolute atomic E-state index is 0.0783. The van der Waals surface area contributed by atoms with Crippen molar-refractivity contribution in [3.8, 4) is 0 Å². The lowest BCUT2D eigenvalue weighted by molar-refractivity contribution is -0.122. The summed E-state index contributed by atoms with van der Waals surface area (Å²) in [5, 5.41) is 0. The molecule has 2 saturated heterocycles. The summed E-state index contributed by atoms with van der Waals surface area (Å²) in [6, 6.07) is 10.3. The molecule has 2 aliphatic rings. The second-order valence-electron chi connectivity index (χ2n) is 5.84. The molecule has 3 rings (SSSR count). The van der Waals surface area contributed by atoms with Crippen molar-refractivity contribution in [2.45, 2.75) is 43.8 Å². The molecule has 4 nitrogen and oxygen atoms in total. The van der Waals surface area contributed by atoms with Gasteiger partial charge >= 0.3 is 0 Å². The lowest BCUT2D eigenvalue weighted by atomic mass is 9.96. The van der Waals surface area contributed by atoms with Crippen LogP contribution in [0.15, 0.2) is 30.3 Å². The fraction of sp³-hybridized carbons (Fsp3) is 0.500. The number of hydrogen-bond donors (Lipinski definition) is 0. The zero-order valence-electron chi connectivity index (χ0n) is 11.7. The van der Waals surface area contributed by atoms with Gasteiger partial charge in [-0.25, -0.2) is 0 Å². The maximum absolute atomic E-state index is 12.5. The summed E-state index contributed by atoms with van der Waals surface area (Å²) in [4.78, 5) is 27.4. The molecular weight excluding hydrogens is 252 g/mol. The van der Waals surface area contributed by atoms with Gasteiger partial charge < -0.3 is 9.80 Å². The van der Waals surface area contributed by atoms with Crippen molar-refractivity contribution in [3.63, 3.8) is 0 Å². The van der Waals surface area contributed by atoms with Gasteiger partial charge in [0.15, 0.2) is 0 Å². The predicted octanol–water partition coefficient (Wildman–Crippen LogP) is 1.91. The summed E-state index contributed by atoms with van der Waals surface area (Å²) in [6.07, 6.45) is 4.95. The molecule has 2 amide bonds. The van der Waals surface area contributed by atoms with E-state index >= 15 is 0 Å². The average Bonchev–Trinajstić information content (AvgIpc) is 2.75. The van der Waals surface area contributed by atoms with Gasteiger partial charge in [0, 0.05) is 30.7 Å². The topological polar surface area (TPSA) is 40.6 Å². The highest BCUT2D eigenvalue weighted by Gasteiger charge is 2.41. The third-order valence-corrected chi connectivity index (χ3v) is 4.78. The molecule has 2 atom stereocenters. The van der Waals surface area contributed by atoms with Gasteiger partial charge in [0.1, 0.15) is 0 Å². The Hall–Kier alpha value is -1.84. The first kappa shape index (κ1) is 13.2. The average molecular weight is 272 g/mol. The molecule has 2 fully saturated rings. The van der Waals surface area contributed by atoms with Crippen LogP contribution in [0.5, 0.6) is 0 Å². The number of amides is 2. The van der Waals surface area contributed by atoms with Gasteiger partial charge in [-0.15, -0.1) is 0 Å². The van der Waals surface area contributed by atoms with Crippen LogP contribution in [-0.2, 0) is 4.79 Å². The number of nitrogens with zero attached hydrogens (tertiary/aromatic N) is 2. The van der Waals surface area contributed by atoms with E-state index in [2.05, 4.69) is 0 Å². The number of benzene rings is 1. The standard InChI is InChI=1S/C16H20N2O2/c1-17(16(20)12-5-3-2-4-6-12)15-9-13-7-8-14(10-15)18(13)11-19/h2-6,11,13-15H,7-10H2,1H3. The van der Waals surface area contributed by atoms with Crippen LogP contribution in [-0.4, -0.2) is 47.3 Å². The molecule has 20 heavy (non-hydrogen) atoms. The van der Waals surface area contributed by atoms with Gasteiger partial charge in [-0.05, 0) is 37.8 Å². The first-order chi connectivity index (χ1) is 9.70. The Morgan fingerprint density at radius 2 is 1.80 bits per heavy atom. The maximum Gasteiger partial charge on any atom is 0.253 e. The van der Waals surface area contributed by atoms with Gasteiger partial charge in [0.05, 0.1) is 0 Å². The monoisotopic (exact) mass is 272 g/mol. The van der Waals surface area contributed by atoms with E-state index in [1.54, 1.807) is 0 Å². The first-order valence-electron chi connectivity index (χ1n) is 7.25. The third kappa shape index (κ3) is 2.19. The normalized spacial score (nSPS) is 28.2. The fourth-order valence-electron chi connectivity index (χ4n) is 3.62. The van der Waals surface area contributed by atoms with E-state index < -0.39 is 0 Å². The van der Waals surface area contributed by atoms with E-state index in [4.69, 9.17) is 0 Å². The van der Waals surface area contributed by atoms with Crippen LogP contribution in [0.1, 0.15) is 36.0 Å². The molecule has 0 aromatic heterocycles. The van der Waals surface area contributed by atoms with Crippen molar-refractivity contribution in [2.75, 3.05) is 7.05 Å². The number of rotatable bonds is 3. The summed E-state index contributed by atoms with van der Waals surface area (Å²) in [7, 11) is 1.88. The smallest absolute Gasteiger partial charge is 0.253 e.